The summed E-state index contributed by atoms with van der Waals surface area (Å²) in [7, 11) is 0. The Morgan fingerprint density at radius 1 is 0.857 bits per heavy atom. The molecule has 4 heteroatoms. The summed E-state index contributed by atoms with van der Waals surface area (Å²) >= 11 is 0. The molecule has 122 valence electrons. The normalized spacial score (nSPS) is 33.5. The Morgan fingerprint density at radius 3 is 1.86 bits per heavy atom. The van der Waals surface area contributed by atoms with Crippen molar-refractivity contribution >= 4 is 0 Å². The zero-order valence-electron chi connectivity index (χ0n) is 12.9. The lowest BCUT2D eigenvalue weighted by atomic mass is 9.70. The predicted molar refractivity (Wildman–Crippen MR) is 77.5 cm³/mol. The third kappa shape index (κ3) is 4.93. The SMILES string of the molecule is CCC[C@H]1CC[C@H]([C@H]2CC[C@H](OC(F)=C(F)F)CC2)CC1. The molecule has 2 rings (SSSR count). The van der Waals surface area contributed by atoms with E-state index >= 15 is 0 Å². The van der Waals surface area contributed by atoms with Crippen LogP contribution in [0, 0.1) is 17.8 Å². The van der Waals surface area contributed by atoms with Gasteiger partial charge >= 0.3 is 12.1 Å². The van der Waals surface area contributed by atoms with Crippen LogP contribution in [0.15, 0.2) is 12.1 Å². The minimum atomic E-state index is -2.34. The Balaban J connectivity index is 1.71. The van der Waals surface area contributed by atoms with E-state index in [1.807, 2.05) is 0 Å². The maximum Gasteiger partial charge on any atom is 0.342 e. The van der Waals surface area contributed by atoms with Gasteiger partial charge in [0.05, 0.1) is 0 Å². The van der Waals surface area contributed by atoms with Crippen molar-refractivity contribution in [2.75, 3.05) is 0 Å². The van der Waals surface area contributed by atoms with Crippen LogP contribution >= 0.6 is 0 Å². The number of halogens is 3. The molecule has 21 heavy (non-hydrogen) atoms. The number of hydrogen-bond acceptors (Lipinski definition) is 1. The first-order valence-corrected chi connectivity index (χ1v) is 8.47. The maximum absolute atomic E-state index is 12.8. The lowest BCUT2D eigenvalue weighted by Gasteiger charge is -2.37. The molecule has 2 aliphatic carbocycles. The van der Waals surface area contributed by atoms with Gasteiger partial charge in [-0.25, -0.2) is 0 Å². The summed E-state index contributed by atoms with van der Waals surface area (Å²) < 4.78 is 41.5. The highest BCUT2D eigenvalue weighted by atomic mass is 19.3. The van der Waals surface area contributed by atoms with Crippen LogP contribution in [0.2, 0.25) is 0 Å². The second-order valence-electron chi connectivity index (χ2n) is 6.76. The van der Waals surface area contributed by atoms with Gasteiger partial charge in [-0.3, -0.25) is 0 Å². The molecular weight excluding hydrogens is 277 g/mol. The molecule has 2 fully saturated rings. The fourth-order valence-electron chi connectivity index (χ4n) is 4.23. The van der Waals surface area contributed by atoms with Crippen LogP contribution in [0.4, 0.5) is 13.2 Å². The van der Waals surface area contributed by atoms with Crippen molar-refractivity contribution in [1.82, 2.24) is 0 Å². The van der Waals surface area contributed by atoms with Gasteiger partial charge in [0.2, 0.25) is 0 Å². The topological polar surface area (TPSA) is 9.23 Å². The molecule has 0 aromatic heterocycles. The van der Waals surface area contributed by atoms with Crippen molar-refractivity contribution in [3.05, 3.63) is 12.1 Å². The van der Waals surface area contributed by atoms with Crippen LogP contribution in [-0.2, 0) is 4.74 Å². The van der Waals surface area contributed by atoms with Gasteiger partial charge in [0.1, 0.15) is 6.10 Å². The summed E-state index contributed by atoms with van der Waals surface area (Å²) in [5.74, 6) is 2.39. The third-order valence-corrected chi connectivity index (χ3v) is 5.39. The van der Waals surface area contributed by atoms with E-state index < -0.39 is 12.1 Å². The van der Waals surface area contributed by atoms with Crippen molar-refractivity contribution in [2.45, 2.75) is 77.2 Å². The summed E-state index contributed by atoms with van der Waals surface area (Å²) in [5.41, 5.74) is 0. The fraction of sp³-hybridized carbons (Fsp3) is 0.882. The number of rotatable bonds is 5. The van der Waals surface area contributed by atoms with Crippen molar-refractivity contribution < 1.29 is 17.9 Å². The zero-order valence-corrected chi connectivity index (χ0v) is 12.9. The Morgan fingerprint density at radius 2 is 1.38 bits per heavy atom. The Hall–Kier alpha value is -0.670. The molecule has 0 N–H and O–H groups in total. The van der Waals surface area contributed by atoms with Crippen molar-refractivity contribution in [3.8, 4) is 0 Å². The van der Waals surface area contributed by atoms with E-state index in [0.29, 0.717) is 18.8 Å². The Kier molecular flexibility index (Phi) is 6.43. The van der Waals surface area contributed by atoms with Gasteiger partial charge in [0.15, 0.2) is 0 Å². The third-order valence-electron chi connectivity index (χ3n) is 5.39. The summed E-state index contributed by atoms with van der Waals surface area (Å²) in [5, 5.41) is 0. The lowest BCUT2D eigenvalue weighted by molar-refractivity contribution is 0.00988. The van der Waals surface area contributed by atoms with Gasteiger partial charge in [0.25, 0.3) is 0 Å². The molecule has 2 saturated carbocycles. The summed E-state index contributed by atoms with van der Waals surface area (Å²) in [6, 6.07) is -1.68. The first-order valence-electron chi connectivity index (χ1n) is 8.47. The summed E-state index contributed by atoms with van der Waals surface area (Å²) in [4.78, 5) is 0. The van der Waals surface area contributed by atoms with Gasteiger partial charge in [-0.05, 0) is 56.3 Å². The molecule has 0 aromatic carbocycles. The summed E-state index contributed by atoms with van der Waals surface area (Å²) in [6.45, 7) is 2.25. The van der Waals surface area contributed by atoms with E-state index in [-0.39, 0.29) is 6.10 Å². The highest BCUT2D eigenvalue weighted by Gasteiger charge is 2.31. The molecule has 1 nitrogen and oxygen atoms in total. The van der Waals surface area contributed by atoms with E-state index in [9.17, 15) is 13.2 Å². The summed E-state index contributed by atoms with van der Waals surface area (Å²) in [6.07, 6.45) is 8.66. The van der Waals surface area contributed by atoms with Gasteiger partial charge in [0, 0.05) is 0 Å². The standard InChI is InChI=1S/C17H27F3O/c1-2-3-12-4-6-13(7-5-12)14-8-10-15(11-9-14)21-17(20)16(18)19/h12-15H,2-11H2,1H3/t12-,13-,14-,15-. The largest absolute Gasteiger partial charge is 0.464 e. The molecule has 0 amide bonds. The predicted octanol–water partition coefficient (Wildman–Crippen LogP) is 6.20. The number of hydrogen-bond donors (Lipinski definition) is 0. The molecule has 0 unspecified atom stereocenters. The molecule has 0 aliphatic heterocycles. The first-order chi connectivity index (χ1) is 10.1. The molecule has 0 atom stereocenters. The van der Waals surface area contributed by atoms with Crippen molar-refractivity contribution in [1.29, 1.82) is 0 Å². The van der Waals surface area contributed by atoms with E-state index in [2.05, 4.69) is 6.92 Å². The molecule has 0 heterocycles. The van der Waals surface area contributed by atoms with E-state index in [4.69, 9.17) is 4.74 Å². The molecule has 0 saturated heterocycles. The first kappa shape index (κ1) is 16.7. The van der Waals surface area contributed by atoms with Gasteiger partial charge in [-0.15, -0.1) is 0 Å². The minimum Gasteiger partial charge on any atom is -0.464 e. The van der Waals surface area contributed by atoms with Gasteiger partial charge < -0.3 is 4.74 Å². The molecule has 0 bridgehead atoms. The smallest absolute Gasteiger partial charge is 0.342 e. The van der Waals surface area contributed by atoms with Gasteiger partial charge in [-0.2, -0.15) is 13.2 Å². The Bertz CT molecular complexity index is 336. The molecule has 2 aliphatic rings. The molecular formula is C17H27F3O. The molecule has 0 spiro atoms. The van der Waals surface area contributed by atoms with E-state index in [1.165, 1.54) is 38.5 Å². The van der Waals surface area contributed by atoms with Crippen LogP contribution in [0.25, 0.3) is 0 Å². The minimum absolute atomic E-state index is 0.362. The van der Waals surface area contributed by atoms with Crippen LogP contribution in [0.1, 0.15) is 71.1 Å². The highest BCUT2D eigenvalue weighted by Crippen LogP contribution is 2.41. The zero-order chi connectivity index (χ0) is 15.2. The van der Waals surface area contributed by atoms with Crippen LogP contribution in [-0.4, -0.2) is 6.10 Å². The number of ether oxygens (including phenoxy) is 1. The monoisotopic (exact) mass is 304 g/mol. The lowest BCUT2D eigenvalue weighted by Crippen LogP contribution is -2.28. The molecule has 0 radical (unpaired) electrons. The highest BCUT2D eigenvalue weighted by molar-refractivity contribution is 4.86. The second-order valence-corrected chi connectivity index (χ2v) is 6.76. The maximum atomic E-state index is 12.8. The quantitative estimate of drug-likeness (QED) is 0.549. The Labute approximate surface area is 125 Å². The van der Waals surface area contributed by atoms with Crippen molar-refractivity contribution in [2.24, 2.45) is 17.8 Å². The fourth-order valence-corrected chi connectivity index (χ4v) is 4.23. The van der Waals surface area contributed by atoms with Crippen LogP contribution in [0.3, 0.4) is 0 Å². The van der Waals surface area contributed by atoms with Crippen molar-refractivity contribution in [3.63, 3.8) is 0 Å². The van der Waals surface area contributed by atoms with E-state index in [1.54, 1.807) is 0 Å². The van der Waals surface area contributed by atoms with E-state index in [0.717, 1.165) is 24.7 Å². The van der Waals surface area contributed by atoms with Gasteiger partial charge in [-0.1, -0.05) is 32.6 Å². The average molecular weight is 304 g/mol. The average Bonchev–Trinajstić information content (AvgIpc) is 2.49. The molecule has 0 aromatic rings. The van der Waals surface area contributed by atoms with Crippen LogP contribution < -0.4 is 0 Å². The second kappa shape index (κ2) is 8.09. The van der Waals surface area contributed by atoms with Crippen LogP contribution in [0.5, 0.6) is 0 Å².